The van der Waals surface area contributed by atoms with Gasteiger partial charge in [-0.15, -0.1) is 6.58 Å². The van der Waals surface area contributed by atoms with Crippen LogP contribution in [0.3, 0.4) is 0 Å². The van der Waals surface area contributed by atoms with Crippen molar-refractivity contribution < 1.29 is 9.47 Å². The topological polar surface area (TPSA) is 18.5 Å². The molecule has 2 nitrogen and oxygen atoms in total. The van der Waals surface area contributed by atoms with Crippen LogP contribution in [0.25, 0.3) is 5.57 Å². The second-order valence-corrected chi connectivity index (χ2v) is 6.44. The molecule has 0 amide bonds. The highest BCUT2D eigenvalue weighted by atomic mass is 16.5. The maximum absolute atomic E-state index is 5.68. The van der Waals surface area contributed by atoms with E-state index in [0.717, 1.165) is 24.3 Å². The number of allylic oxidation sites excluding steroid dienone is 2. The predicted octanol–water partition coefficient (Wildman–Crippen LogP) is 5.27. The lowest BCUT2D eigenvalue weighted by atomic mass is 9.79. The molecular weight excluding hydrogens is 296 g/mol. The van der Waals surface area contributed by atoms with Crippen LogP contribution in [0, 0.1) is 5.92 Å². The molecule has 0 aromatic heterocycles. The van der Waals surface area contributed by atoms with E-state index in [0.29, 0.717) is 5.92 Å². The van der Waals surface area contributed by atoms with E-state index in [-0.39, 0.29) is 0 Å². The summed E-state index contributed by atoms with van der Waals surface area (Å²) >= 11 is 0. The summed E-state index contributed by atoms with van der Waals surface area (Å²) in [5.74, 6) is 2.16. The number of fused-ring (bicyclic) bond motifs is 1. The van der Waals surface area contributed by atoms with Crippen LogP contribution in [-0.4, -0.2) is 14.2 Å². The van der Waals surface area contributed by atoms with Crippen LogP contribution in [0.1, 0.15) is 30.0 Å². The van der Waals surface area contributed by atoms with Crippen molar-refractivity contribution in [3.63, 3.8) is 0 Å². The highest BCUT2D eigenvalue weighted by molar-refractivity contribution is 5.86. The molecule has 1 aliphatic carbocycles. The number of ether oxygens (including phenoxy) is 2. The van der Waals surface area contributed by atoms with E-state index in [4.69, 9.17) is 9.47 Å². The normalized spacial score (nSPS) is 16.1. The fourth-order valence-electron chi connectivity index (χ4n) is 3.49. The first-order valence-electron chi connectivity index (χ1n) is 8.29. The summed E-state index contributed by atoms with van der Waals surface area (Å²) < 4.78 is 11.1. The quantitative estimate of drug-likeness (QED) is 0.698. The zero-order valence-electron chi connectivity index (χ0n) is 14.6. The van der Waals surface area contributed by atoms with Gasteiger partial charge in [-0.1, -0.05) is 42.0 Å². The molecule has 0 bridgehead atoms. The molecule has 3 rings (SSSR count). The van der Waals surface area contributed by atoms with Gasteiger partial charge in [0.1, 0.15) is 11.5 Å². The number of rotatable bonds is 5. The van der Waals surface area contributed by atoms with E-state index in [9.17, 15) is 0 Å². The molecule has 0 N–H and O–H groups in total. The average Bonchev–Trinajstić information content (AvgIpc) is 2.60. The second kappa shape index (κ2) is 6.96. The van der Waals surface area contributed by atoms with E-state index in [1.807, 2.05) is 12.1 Å². The molecule has 0 fully saturated rings. The Hall–Kier alpha value is -2.48. The summed E-state index contributed by atoms with van der Waals surface area (Å²) in [7, 11) is 3.42. The Morgan fingerprint density at radius 1 is 1.12 bits per heavy atom. The van der Waals surface area contributed by atoms with Gasteiger partial charge in [-0.2, -0.15) is 0 Å². The van der Waals surface area contributed by atoms with Gasteiger partial charge in [-0.05, 0) is 48.4 Å². The van der Waals surface area contributed by atoms with Gasteiger partial charge in [0, 0.05) is 11.6 Å². The Labute approximate surface area is 144 Å². The molecule has 2 aromatic carbocycles. The molecule has 124 valence electrons. The van der Waals surface area contributed by atoms with Crippen LogP contribution in [-0.2, 0) is 6.42 Å². The van der Waals surface area contributed by atoms with Crippen LogP contribution in [0.5, 0.6) is 11.5 Å². The molecule has 1 unspecified atom stereocenters. The van der Waals surface area contributed by atoms with Crippen LogP contribution in [0.4, 0.5) is 0 Å². The Kier molecular flexibility index (Phi) is 4.75. The van der Waals surface area contributed by atoms with Gasteiger partial charge >= 0.3 is 0 Å². The van der Waals surface area contributed by atoms with Crippen LogP contribution in [0.15, 0.2) is 60.7 Å². The minimum absolute atomic E-state index is 0.446. The summed E-state index contributed by atoms with van der Waals surface area (Å²) in [6.07, 6.45) is 4.35. The molecule has 24 heavy (non-hydrogen) atoms. The molecule has 0 saturated carbocycles. The Morgan fingerprint density at radius 2 is 1.88 bits per heavy atom. The number of methoxy groups -OCH3 is 2. The van der Waals surface area contributed by atoms with E-state index < -0.39 is 0 Å². The maximum atomic E-state index is 5.68. The summed E-state index contributed by atoms with van der Waals surface area (Å²) in [4.78, 5) is 0. The zero-order chi connectivity index (χ0) is 17.1. The molecule has 0 aliphatic heterocycles. The summed E-state index contributed by atoms with van der Waals surface area (Å²) in [6.45, 7) is 6.19. The fraction of sp³-hybridized carbons (Fsp3) is 0.273. The van der Waals surface area contributed by atoms with Crippen molar-refractivity contribution in [2.45, 2.75) is 19.8 Å². The van der Waals surface area contributed by atoms with Crippen LogP contribution in [0.2, 0.25) is 0 Å². The fourth-order valence-corrected chi connectivity index (χ4v) is 3.49. The SMILES string of the molecule is C=C(C)CC1C=C(c2ccccc2)c2c(cc(OC)cc2OC)C1. The monoisotopic (exact) mass is 320 g/mol. The van der Waals surface area contributed by atoms with E-state index in [2.05, 4.69) is 49.9 Å². The molecule has 1 atom stereocenters. The summed E-state index contributed by atoms with van der Waals surface area (Å²) in [5, 5.41) is 0. The van der Waals surface area contributed by atoms with E-state index in [1.165, 1.54) is 27.8 Å². The van der Waals surface area contributed by atoms with Gasteiger partial charge < -0.3 is 9.47 Å². The first-order valence-corrected chi connectivity index (χ1v) is 8.29. The lowest BCUT2D eigenvalue weighted by molar-refractivity contribution is 0.391. The third-order valence-electron chi connectivity index (χ3n) is 4.46. The van der Waals surface area contributed by atoms with Gasteiger partial charge in [0.05, 0.1) is 14.2 Å². The van der Waals surface area contributed by atoms with Gasteiger partial charge in [-0.3, -0.25) is 0 Å². The predicted molar refractivity (Wildman–Crippen MR) is 99.7 cm³/mol. The lowest BCUT2D eigenvalue weighted by Crippen LogP contribution is -2.13. The first-order chi connectivity index (χ1) is 11.6. The smallest absolute Gasteiger partial charge is 0.130 e. The molecule has 0 heterocycles. The zero-order valence-corrected chi connectivity index (χ0v) is 14.6. The van der Waals surface area contributed by atoms with Crippen molar-refractivity contribution in [2.75, 3.05) is 14.2 Å². The van der Waals surface area contributed by atoms with Gasteiger partial charge in [0.25, 0.3) is 0 Å². The molecule has 2 heteroatoms. The largest absolute Gasteiger partial charge is 0.497 e. The molecule has 0 radical (unpaired) electrons. The number of hydrogen-bond acceptors (Lipinski definition) is 2. The number of hydrogen-bond donors (Lipinski definition) is 0. The van der Waals surface area contributed by atoms with Crippen molar-refractivity contribution >= 4 is 5.57 Å². The van der Waals surface area contributed by atoms with Crippen molar-refractivity contribution in [3.05, 3.63) is 77.4 Å². The highest BCUT2D eigenvalue weighted by Crippen LogP contribution is 2.42. The Morgan fingerprint density at radius 3 is 2.50 bits per heavy atom. The van der Waals surface area contributed by atoms with Gasteiger partial charge in [-0.25, -0.2) is 0 Å². The number of benzene rings is 2. The van der Waals surface area contributed by atoms with E-state index in [1.54, 1.807) is 14.2 Å². The van der Waals surface area contributed by atoms with Crippen LogP contribution >= 0.6 is 0 Å². The minimum atomic E-state index is 0.446. The van der Waals surface area contributed by atoms with Crippen LogP contribution < -0.4 is 9.47 Å². The molecule has 0 saturated heterocycles. The third kappa shape index (κ3) is 3.23. The van der Waals surface area contributed by atoms with Crippen molar-refractivity contribution in [1.82, 2.24) is 0 Å². The van der Waals surface area contributed by atoms with Gasteiger partial charge in [0.15, 0.2) is 0 Å². The van der Waals surface area contributed by atoms with Crippen molar-refractivity contribution in [2.24, 2.45) is 5.92 Å². The summed E-state index contributed by atoms with van der Waals surface area (Å²) in [5.41, 5.74) is 6.12. The van der Waals surface area contributed by atoms with Crippen molar-refractivity contribution in [1.29, 1.82) is 0 Å². The third-order valence-corrected chi connectivity index (χ3v) is 4.46. The van der Waals surface area contributed by atoms with Crippen molar-refractivity contribution in [3.8, 4) is 11.5 Å². The van der Waals surface area contributed by atoms with Gasteiger partial charge in [0.2, 0.25) is 0 Å². The average molecular weight is 320 g/mol. The lowest BCUT2D eigenvalue weighted by Gasteiger charge is -2.27. The minimum Gasteiger partial charge on any atom is -0.497 e. The molecule has 1 aliphatic rings. The molecule has 2 aromatic rings. The maximum Gasteiger partial charge on any atom is 0.130 e. The Bertz CT molecular complexity index is 772. The highest BCUT2D eigenvalue weighted by Gasteiger charge is 2.25. The first kappa shape index (κ1) is 16.4. The molecular formula is C22H24O2. The second-order valence-electron chi connectivity index (χ2n) is 6.44. The molecule has 0 spiro atoms. The van der Waals surface area contributed by atoms with E-state index >= 15 is 0 Å². The standard InChI is InChI=1S/C22H24O2/c1-15(2)10-16-11-18-13-19(23-3)14-21(24-4)22(18)20(12-16)17-8-6-5-7-9-17/h5-9,12-14,16H,1,10-11H2,2-4H3. The summed E-state index contributed by atoms with van der Waals surface area (Å²) in [6, 6.07) is 14.6. The Balaban J connectivity index is 2.17.